The highest BCUT2D eigenvalue weighted by Gasteiger charge is 2.24. The van der Waals surface area contributed by atoms with E-state index in [1.54, 1.807) is 18.3 Å². The summed E-state index contributed by atoms with van der Waals surface area (Å²) < 4.78 is 5.77. The van der Waals surface area contributed by atoms with Crippen LogP contribution in [0.1, 0.15) is 29.6 Å². The number of carbonyl (C=O) groups is 1. The highest BCUT2D eigenvalue weighted by Crippen LogP contribution is 2.23. The lowest BCUT2D eigenvalue weighted by Gasteiger charge is -2.12. The Kier molecular flexibility index (Phi) is 3.41. The van der Waals surface area contributed by atoms with Gasteiger partial charge in [0.1, 0.15) is 6.10 Å². The van der Waals surface area contributed by atoms with Crippen molar-refractivity contribution in [3.8, 4) is 5.88 Å². The fourth-order valence-electron chi connectivity index (χ4n) is 1.89. The molecule has 1 aliphatic heterocycles. The molecule has 2 heterocycles. The molecule has 5 heteroatoms. The van der Waals surface area contributed by atoms with Gasteiger partial charge in [0, 0.05) is 29.6 Å². The van der Waals surface area contributed by atoms with Gasteiger partial charge in [-0.25, -0.2) is 4.98 Å². The van der Waals surface area contributed by atoms with Crippen molar-refractivity contribution in [3.05, 3.63) is 23.9 Å². The number of nitrogens with one attached hydrogen (secondary N) is 1. The van der Waals surface area contributed by atoms with E-state index in [0.717, 1.165) is 30.8 Å². The summed E-state index contributed by atoms with van der Waals surface area (Å²) in [6.45, 7) is 0. The fourth-order valence-corrected chi connectivity index (χ4v) is 2.98. The number of pyridine rings is 1. The van der Waals surface area contributed by atoms with E-state index in [4.69, 9.17) is 4.74 Å². The molecule has 1 aliphatic carbocycles. The van der Waals surface area contributed by atoms with E-state index in [1.165, 1.54) is 0 Å². The van der Waals surface area contributed by atoms with Gasteiger partial charge in [0.05, 0.1) is 0 Å². The number of hydrogen-bond acceptors (Lipinski definition) is 4. The summed E-state index contributed by atoms with van der Waals surface area (Å²) in [5, 5.41) is 2.96. The molecule has 1 atom stereocenters. The molecule has 0 spiro atoms. The molecule has 18 heavy (non-hydrogen) atoms. The number of hydrogen-bond donors (Lipinski definition) is 1. The minimum absolute atomic E-state index is 0.0226. The summed E-state index contributed by atoms with van der Waals surface area (Å²) in [6, 6.07) is 3.84. The summed E-state index contributed by atoms with van der Waals surface area (Å²) in [4.78, 5) is 16.1. The van der Waals surface area contributed by atoms with Crippen LogP contribution in [-0.4, -0.2) is 34.5 Å². The van der Waals surface area contributed by atoms with Crippen LogP contribution in [0.15, 0.2) is 18.3 Å². The maximum atomic E-state index is 11.9. The maximum absolute atomic E-state index is 11.9. The van der Waals surface area contributed by atoms with Crippen molar-refractivity contribution in [1.29, 1.82) is 0 Å². The Balaban J connectivity index is 1.65. The lowest BCUT2D eigenvalue weighted by Crippen LogP contribution is -2.25. The molecule has 1 aromatic heterocycles. The summed E-state index contributed by atoms with van der Waals surface area (Å²) >= 11 is 1.90. The lowest BCUT2D eigenvalue weighted by molar-refractivity contribution is 0.0950. The number of aromatic nitrogens is 1. The molecule has 1 amide bonds. The molecule has 0 aromatic carbocycles. The van der Waals surface area contributed by atoms with Crippen LogP contribution in [0, 0.1) is 0 Å². The van der Waals surface area contributed by atoms with Gasteiger partial charge in [-0.2, -0.15) is 11.8 Å². The van der Waals surface area contributed by atoms with E-state index in [0.29, 0.717) is 17.5 Å². The second kappa shape index (κ2) is 5.18. The van der Waals surface area contributed by atoms with E-state index >= 15 is 0 Å². The summed E-state index contributed by atoms with van der Waals surface area (Å²) in [6.07, 6.45) is 5.13. The first kappa shape index (κ1) is 11.8. The van der Waals surface area contributed by atoms with E-state index in [9.17, 15) is 4.79 Å². The topological polar surface area (TPSA) is 51.2 Å². The van der Waals surface area contributed by atoms with Gasteiger partial charge in [0.2, 0.25) is 5.88 Å². The summed E-state index contributed by atoms with van der Waals surface area (Å²) in [7, 11) is 0. The van der Waals surface area contributed by atoms with Crippen LogP contribution in [0.3, 0.4) is 0 Å². The molecule has 4 nitrogen and oxygen atoms in total. The minimum atomic E-state index is -0.0226. The zero-order valence-corrected chi connectivity index (χ0v) is 10.9. The van der Waals surface area contributed by atoms with Crippen LogP contribution in [0.25, 0.3) is 0 Å². The SMILES string of the molecule is O=C(NC1CC1)c1ccnc(OC2CCSC2)c1. The van der Waals surface area contributed by atoms with Crippen LogP contribution < -0.4 is 10.1 Å². The van der Waals surface area contributed by atoms with Crippen molar-refractivity contribution in [1.82, 2.24) is 10.3 Å². The van der Waals surface area contributed by atoms with E-state index in [2.05, 4.69) is 10.3 Å². The first-order valence-electron chi connectivity index (χ1n) is 6.32. The Morgan fingerprint density at radius 1 is 1.44 bits per heavy atom. The van der Waals surface area contributed by atoms with Crippen LogP contribution in [0.5, 0.6) is 5.88 Å². The molecular weight excluding hydrogens is 248 g/mol. The van der Waals surface area contributed by atoms with Gasteiger partial charge in [-0.3, -0.25) is 4.79 Å². The zero-order chi connectivity index (χ0) is 12.4. The summed E-state index contributed by atoms with van der Waals surface area (Å²) in [5.74, 6) is 2.70. The molecule has 2 fully saturated rings. The third-order valence-corrected chi connectivity index (χ3v) is 4.22. The fraction of sp³-hybridized carbons (Fsp3) is 0.538. The van der Waals surface area contributed by atoms with Crippen LogP contribution in [0.2, 0.25) is 0 Å². The Bertz CT molecular complexity index is 442. The number of carbonyl (C=O) groups excluding carboxylic acids is 1. The first-order chi connectivity index (χ1) is 8.81. The van der Waals surface area contributed by atoms with Gasteiger partial charge >= 0.3 is 0 Å². The second-order valence-electron chi connectivity index (χ2n) is 4.73. The van der Waals surface area contributed by atoms with Crippen molar-refractivity contribution < 1.29 is 9.53 Å². The highest BCUT2D eigenvalue weighted by molar-refractivity contribution is 7.99. The predicted octanol–water partition coefficient (Wildman–Crippen LogP) is 1.86. The molecule has 1 aromatic rings. The van der Waals surface area contributed by atoms with Crippen molar-refractivity contribution in [2.45, 2.75) is 31.4 Å². The number of thioether (sulfide) groups is 1. The highest BCUT2D eigenvalue weighted by atomic mass is 32.2. The van der Waals surface area contributed by atoms with Gasteiger partial charge in [0.25, 0.3) is 5.91 Å². The predicted molar refractivity (Wildman–Crippen MR) is 71.1 cm³/mol. The molecule has 1 saturated carbocycles. The van der Waals surface area contributed by atoms with Crippen molar-refractivity contribution in [3.63, 3.8) is 0 Å². The Morgan fingerprint density at radius 3 is 3.06 bits per heavy atom. The molecule has 0 radical (unpaired) electrons. The van der Waals surface area contributed by atoms with Gasteiger partial charge in [-0.15, -0.1) is 0 Å². The quantitative estimate of drug-likeness (QED) is 0.902. The summed E-state index contributed by atoms with van der Waals surface area (Å²) in [5.41, 5.74) is 0.637. The van der Waals surface area contributed by atoms with Crippen molar-refractivity contribution >= 4 is 17.7 Å². The standard InChI is InChI=1S/C13H16N2O2S/c16-13(15-10-1-2-10)9-3-5-14-12(7-9)17-11-4-6-18-8-11/h3,5,7,10-11H,1-2,4,6,8H2,(H,15,16). The number of rotatable bonds is 4. The normalized spacial score (nSPS) is 22.8. The van der Waals surface area contributed by atoms with Crippen LogP contribution in [-0.2, 0) is 0 Å². The van der Waals surface area contributed by atoms with Crippen molar-refractivity contribution in [2.24, 2.45) is 0 Å². The molecule has 1 N–H and O–H groups in total. The zero-order valence-electron chi connectivity index (χ0n) is 10.1. The Labute approximate surface area is 111 Å². The monoisotopic (exact) mass is 264 g/mol. The molecule has 1 saturated heterocycles. The molecular formula is C13H16N2O2S. The smallest absolute Gasteiger partial charge is 0.251 e. The van der Waals surface area contributed by atoms with E-state index < -0.39 is 0 Å². The van der Waals surface area contributed by atoms with E-state index in [1.807, 2.05) is 11.8 Å². The average molecular weight is 264 g/mol. The minimum Gasteiger partial charge on any atom is -0.473 e. The third-order valence-electron chi connectivity index (χ3n) is 3.08. The molecule has 1 unspecified atom stereocenters. The average Bonchev–Trinajstić information content (AvgIpc) is 3.04. The van der Waals surface area contributed by atoms with Crippen molar-refractivity contribution in [2.75, 3.05) is 11.5 Å². The van der Waals surface area contributed by atoms with Crippen LogP contribution >= 0.6 is 11.8 Å². The molecule has 96 valence electrons. The lowest BCUT2D eigenvalue weighted by atomic mass is 10.2. The number of ether oxygens (including phenoxy) is 1. The molecule has 2 aliphatic rings. The van der Waals surface area contributed by atoms with Gasteiger partial charge in [-0.1, -0.05) is 0 Å². The number of nitrogens with zero attached hydrogens (tertiary/aromatic N) is 1. The first-order valence-corrected chi connectivity index (χ1v) is 7.48. The Hall–Kier alpha value is -1.23. The largest absolute Gasteiger partial charge is 0.473 e. The van der Waals surface area contributed by atoms with E-state index in [-0.39, 0.29) is 12.0 Å². The van der Waals surface area contributed by atoms with Gasteiger partial charge in [-0.05, 0) is 31.1 Å². The molecule has 3 rings (SSSR count). The maximum Gasteiger partial charge on any atom is 0.251 e. The number of amides is 1. The van der Waals surface area contributed by atoms with Crippen LogP contribution in [0.4, 0.5) is 0 Å². The van der Waals surface area contributed by atoms with Gasteiger partial charge in [0.15, 0.2) is 0 Å². The molecule has 0 bridgehead atoms. The second-order valence-corrected chi connectivity index (χ2v) is 5.88. The third kappa shape index (κ3) is 2.96. The Morgan fingerprint density at radius 2 is 2.33 bits per heavy atom. The van der Waals surface area contributed by atoms with Gasteiger partial charge < -0.3 is 10.1 Å².